The Morgan fingerprint density at radius 1 is 1.36 bits per heavy atom. The molecular weight excluding hydrogens is 174 g/mol. The van der Waals surface area contributed by atoms with Crippen molar-refractivity contribution in [2.45, 2.75) is 31.6 Å². The van der Waals surface area contributed by atoms with Crippen LogP contribution in [0.1, 0.15) is 19.3 Å². The zero-order valence-corrected chi connectivity index (χ0v) is 6.65. The summed E-state index contributed by atoms with van der Waals surface area (Å²) in [7, 11) is 0. The molecule has 4 heteroatoms. The lowest BCUT2D eigenvalue weighted by Gasteiger charge is -2.24. The van der Waals surface area contributed by atoms with Crippen LogP contribution in [0.4, 0.5) is 8.78 Å². The molecule has 0 aromatic heterocycles. The van der Waals surface area contributed by atoms with Crippen LogP contribution < -0.4 is 0 Å². The standard InChI is InChI=1S/C7H9ClF2O/c8-7(11)5-2-1-4(9)3-6(5)10/h4-6H,1-3H2. The van der Waals surface area contributed by atoms with E-state index in [-0.39, 0.29) is 19.3 Å². The zero-order chi connectivity index (χ0) is 8.43. The molecule has 1 aliphatic carbocycles. The van der Waals surface area contributed by atoms with Crippen molar-refractivity contribution in [2.75, 3.05) is 0 Å². The number of hydrogen-bond donors (Lipinski definition) is 0. The average Bonchev–Trinajstić information content (AvgIpc) is 1.85. The van der Waals surface area contributed by atoms with Crippen LogP contribution in [-0.2, 0) is 4.79 Å². The molecule has 0 aromatic carbocycles. The highest BCUT2D eigenvalue weighted by Gasteiger charge is 2.34. The maximum Gasteiger partial charge on any atom is 0.227 e. The molecule has 1 rings (SSSR count). The van der Waals surface area contributed by atoms with E-state index in [0.29, 0.717) is 0 Å². The summed E-state index contributed by atoms with van der Waals surface area (Å²) >= 11 is 5.10. The lowest BCUT2D eigenvalue weighted by molar-refractivity contribution is -0.118. The van der Waals surface area contributed by atoms with Crippen LogP contribution in [-0.4, -0.2) is 17.6 Å². The number of carbonyl (C=O) groups is 1. The van der Waals surface area contributed by atoms with Gasteiger partial charge in [-0.15, -0.1) is 0 Å². The average molecular weight is 183 g/mol. The van der Waals surface area contributed by atoms with E-state index in [9.17, 15) is 13.6 Å². The summed E-state index contributed by atoms with van der Waals surface area (Å²) in [6.07, 6.45) is -2.17. The van der Waals surface area contributed by atoms with E-state index in [1.165, 1.54) is 0 Å². The molecule has 1 fully saturated rings. The molecule has 0 N–H and O–H groups in total. The van der Waals surface area contributed by atoms with E-state index in [1.54, 1.807) is 0 Å². The van der Waals surface area contributed by atoms with Gasteiger partial charge in [0.1, 0.15) is 12.3 Å². The van der Waals surface area contributed by atoms with Crippen molar-refractivity contribution in [1.82, 2.24) is 0 Å². The van der Waals surface area contributed by atoms with Gasteiger partial charge in [-0.1, -0.05) is 0 Å². The van der Waals surface area contributed by atoms with Gasteiger partial charge in [0.15, 0.2) is 0 Å². The summed E-state index contributed by atoms with van der Waals surface area (Å²) in [6, 6.07) is 0. The number of alkyl halides is 2. The van der Waals surface area contributed by atoms with E-state index < -0.39 is 23.5 Å². The molecule has 0 spiro atoms. The Bertz CT molecular complexity index is 163. The van der Waals surface area contributed by atoms with E-state index in [1.807, 2.05) is 0 Å². The van der Waals surface area contributed by atoms with Crippen molar-refractivity contribution in [3.05, 3.63) is 0 Å². The molecule has 0 heterocycles. The number of hydrogen-bond acceptors (Lipinski definition) is 1. The van der Waals surface area contributed by atoms with Gasteiger partial charge < -0.3 is 0 Å². The zero-order valence-electron chi connectivity index (χ0n) is 5.90. The van der Waals surface area contributed by atoms with E-state index in [2.05, 4.69) is 0 Å². The summed E-state index contributed by atoms with van der Waals surface area (Å²) in [6.45, 7) is 0. The third kappa shape index (κ3) is 2.12. The summed E-state index contributed by atoms with van der Waals surface area (Å²) in [5.41, 5.74) is 0. The van der Waals surface area contributed by atoms with E-state index in [4.69, 9.17) is 11.6 Å². The lowest BCUT2D eigenvalue weighted by Crippen LogP contribution is -2.30. The minimum absolute atomic E-state index is 0.177. The molecule has 1 aliphatic rings. The molecule has 0 aromatic rings. The molecule has 11 heavy (non-hydrogen) atoms. The van der Waals surface area contributed by atoms with Crippen LogP contribution in [0.15, 0.2) is 0 Å². The molecule has 3 atom stereocenters. The second-order valence-corrected chi connectivity index (χ2v) is 3.21. The van der Waals surface area contributed by atoms with Crippen molar-refractivity contribution in [1.29, 1.82) is 0 Å². The Hall–Kier alpha value is -0.180. The maximum atomic E-state index is 12.8. The molecule has 64 valence electrons. The van der Waals surface area contributed by atoms with Gasteiger partial charge in [0.05, 0.1) is 5.92 Å². The van der Waals surface area contributed by atoms with Crippen molar-refractivity contribution in [3.63, 3.8) is 0 Å². The minimum atomic E-state index is -1.39. The number of halogens is 3. The fourth-order valence-corrected chi connectivity index (χ4v) is 1.57. The van der Waals surface area contributed by atoms with Gasteiger partial charge in [-0.25, -0.2) is 8.78 Å². The first-order chi connectivity index (χ1) is 5.11. The Kier molecular flexibility index (Phi) is 2.82. The topological polar surface area (TPSA) is 17.1 Å². The maximum absolute atomic E-state index is 12.8. The molecule has 0 radical (unpaired) electrons. The molecule has 1 saturated carbocycles. The quantitative estimate of drug-likeness (QED) is 0.569. The minimum Gasteiger partial charge on any atom is -0.281 e. The highest BCUT2D eigenvalue weighted by atomic mass is 35.5. The third-order valence-corrected chi connectivity index (χ3v) is 2.28. The summed E-state index contributed by atoms with van der Waals surface area (Å²) in [5.74, 6) is -0.774. The van der Waals surface area contributed by atoms with Crippen LogP contribution in [0.3, 0.4) is 0 Å². The number of carbonyl (C=O) groups excluding carboxylic acids is 1. The summed E-state index contributed by atoms with van der Waals surface area (Å²) < 4.78 is 25.3. The second kappa shape index (κ2) is 3.48. The Morgan fingerprint density at radius 3 is 2.45 bits per heavy atom. The van der Waals surface area contributed by atoms with Gasteiger partial charge in [-0.2, -0.15) is 0 Å². The smallest absolute Gasteiger partial charge is 0.227 e. The predicted octanol–water partition coefficient (Wildman–Crippen LogP) is 2.23. The van der Waals surface area contributed by atoms with Crippen molar-refractivity contribution in [3.8, 4) is 0 Å². The SMILES string of the molecule is O=C(Cl)C1CCC(F)CC1F. The second-order valence-electron chi connectivity index (χ2n) is 2.84. The van der Waals surface area contributed by atoms with Crippen LogP contribution in [0.5, 0.6) is 0 Å². The first-order valence-corrected chi connectivity index (χ1v) is 3.96. The van der Waals surface area contributed by atoms with E-state index in [0.717, 1.165) is 0 Å². The van der Waals surface area contributed by atoms with Crippen molar-refractivity contribution < 1.29 is 13.6 Å². The molecule has 0 saturated heterocycles. The van der Waals surface area contributed by atoms with Gasteiger partial charge in [0, 0.05) is 6.42 Å². The van der Waals surface area contributed by atoms with Crippen LogP contribution >= 0.6 is 11.6 Å². The van der Waals surface area contributed by atoms with Crippen molar-refractivity contribution >= 4 is 16.8 Å². The Morgan fingerprint density at radius 2 is 2.00 bits per heavy atom. The molecular formula is C7H9ClF2O. The normalized spacial score (nSPS) is 38.6. The Balaban J connectivity index is 2.50. The summed E-state index contributed by atoms with van der Waals surface area (Å²) in [5, 5.41) is -0.676. The van der Waals surface area contributed by atoms with Crippen molar-refractivity contribution in [2.24, 2.45) is 5.92 Å². The first kappa shape index (κ1) is 8.91. The van der Waals surface area contributed by atoms with Gasteiger partial charge >= 0.3 is 0 Å². The third-order valence-electron chi connectivity index (χ3n) is 2.00. The molecule has 3 unspecified atom stereocenters. The fraction of sp³-hybridized carbons (Fsp3) is 0.857. The molecule has 1 nitrogen and oxygen atoms in total. The van der Waals surface area contributed by atoms with Crippen LogP contribution in [0.2, 0.25) is 0 Å². The van der Waals surface area contributed by atoms with Gasteiger partial charge in [0.25, 0.3) is 0 Å². The highest BCUT2D eigenvalue weighted by Crippen LogP contribution is 2.30. The van der Waals surface area contributed by atoms with Gasteiger partial charge in [-0.3, -0.25) is 4.79 Å². The largest absolute Gasteiger partial charge is 0.281 e. The highest BCUT2D eigenvalue weighted by molar-refractivity contribution is 6.64. The van der Waals surface area contributed by atoms with Crippen LogP contribution in [0, 0.1) is 5.92 Å². The van der Waals surface area contributed by atoms with Gasteiger partial charge in [0.2, 0.25) is 5.24 Å². The summed E-state index contributed by atoms with van der Waals surface area (Å²) in [4.78, 5) is 10.5. The first-order valence-electron chi connectivity index (χ1n) is 3.58. The number of rotatable bonds is 1. The lowest BCUT2D eigenvalue weighted by atomic mass is 9.87. The monoisotopic (exact) mass is 182 g/mol. The van der Waals surface area contributed by atoms with E-state index >= 15 is 0 Å². The molecule has 0 amide bonds. The fourth-order valence-electron chi connectivity index (χ4n) is 1.32. The van der Waals surface area contributed by atoms with Gasteiger partial charge in [-0.05, 0) is 24.4 Å². The molecule has 0 bridgehead atoms. The van der Waals surface area contributed by atoms with Crippen LogP contribution in [0.25, 0.3) is 0 Å². The Labute approximate surface area is 68.7 Å². The predicted molar refractivity (Wildman–Crippen MR) is 38.0 cm³/mol. The molecule has 0 aliphatic heterocycles.